The zero-order chi connectivity index (χ0) is 17.6. The van der Waals surface area contributed by atoms with Crippen LogP contribution in [0.25, 0.3) is 11.5 Å². The van der Waals surface area contributed by atoms with E-state index in [1.807, 2.05) is 12.1 Å². The monoisotopic (exact) mass is 344 g/mol. The maximum atomic E-state index is 12.2. The molecule has 3 amide bonds. The van der Waals surface area contributed by atoms with Gasteiger partial charge in [-0.2, -0.15) is 4.98 Å². The van der Waals surface area contributed by atoms with Gasteiger partial charge in [-0.05, 0) is 25.0 Å². The molecule has 1 atom stereocenters. The SMILES string of the molecule is NC(=O)N1CCC[C@H](C(=O)NCCc2nc(-c3ccccn3)no2)C1. The second kappa shape index (κ2) is 7.73. The van der Waals surface area contributed by atoms with Crippen LogP contribution >= 0.6 is 0 Å². The predicted molar refractivity (Wildman–Crippen MR) is 88.1 cm³/mol. The quantitative estimate of drug-likeness (QED) is 0.817. The molecule has 0 radical (unpaired) electrons. The van der Waals surface area contributed by atoms with Crippen LogP contribution in [0.5, 0.6) is 0 Å². The third-order valence-electron chi connectivity index (χ3n) is 4.10. The van der Waals surface area contributed by atoms with Crippen molar-refractivity contribution in [3.8, 4) is 11.5 Å². The minimum absolute atomic E-state index is 0.0876. The number of likely N-dealkylation sites (tertiary alicyclic amines) is 1. The number of piperidine rings is 1. The molecule has 3 rings (SSSR count). The van der Waals surface area contributed by atoms with Crippen molar-refractivity contribution < 1.29 is 14.1 Å². The Labute approximate surface area is 144 Å². The highest BCUT2D eigenvalue weighted by molar-refractivity contribution is 5.80. The Morgan fingerprint density at radius 2 is 2.28 bits per heavy atom. The number of hydrogen-bond donors (Lipinski definition) is 2. The van der Waals surface area contributed by atoms with Crippen LogP contribution in [0.2, 0.25) is 0 Å². The summed E-state index contributed by atoms with van der Waals surface area (Å²) >= 11 is 0. The van der Waals surface area contributed by atoms with Gasteiger partial charge in [0.1, 0.15) is 5.69 Å². The first-order chi connectivity index (χ1) is 12.1. The fraction of sp³-hybridized carbons (Fsp3) is 0.438. The zero-order valence-electron chi connectivity index (χ0n) is 13.7. The second-order valence-corrected chi connectivity index (χ2v) is 5.89. The topological polar surface area (TPSA) is 127 Å². The highest BCUT2D eigenvalue weighted by atomic mass is 16.5. The minimum atomic E-state index is -0.481. The molecule has 3 N–H and O–H groups in total. The number of nitrogens with one attached hydrogen (secondary N) is 1. The van der Waals surface area contributed by atoms with Gasteiger partial charge in [-0.1, -0.05) is 11.2 Å². The number of nitrogens with two attached hydrogens (primary N) is 1. The molecular weight excluding hydrogens is 324 g/mol. The van der Waals surface area contributed by atoms with Crippen molar-refractivity contribution in [2.24, 2.45) is 11.7 Å². The van der Waals surface area contributed by atoms with E-state index in [1.165, 1.54) is 4.90 Å². The summed E-state index contributed by atoms with van der Waals surface area (Å²) in [6, 6.07) is 4.97. The van der Waals surface area contributed by atoms with E-state index in [9.17, 15) is 9.59 Å². The van der Waals surface area contributed by atoms with Crippen molar-refractivity contribution in [2.75, 3.05) is 19.6 Å². The molecule has 0 bridgehead atoms. The lowest BCUT2D eigenvalue weighted by Gasteiger charge is -2.30. The molecule has 1 aliphatic rings. The Bertz CT molecular complexity index is 732. The van der Waals surface area contributed by atoms with Crippen LogP contribution in [-0.2, 0) is 11.2 Å². The Kier molecular flexibility index (Phi) is 5.22. The molecule has 2 aromatic heterocycles. The summed E-state index contributed by atoms with van der Waals surface area (Å²) in [5.41, 5.74) is 5.91. The van der Waals surface area contributed by atoms with Gasteiger partial charge in [-0.3, -0.25) is 9.78 Å². The predicted octanol–water partition coefficient (Wildman–Crippen LogP) is 0.581. The number of carbonyl (C=O) groups is 2. The van der Waals surface area contributed by atoms with Gasteiger partial charge >= 0.3 is 6.03 Å². The first-order valence-electron chi connectivity index (χ1n) is 8.19. The molecule has 25 heavy (non-hydrogen) atoms. The molecule has 132 valence electrons. The summed E-state index contributed by atoms with van der Waals surface area (Å²) in [6.45, 7) is 1.36. The van der Waals surface area contributed by atoms with Gasteiger partial charge in [0, 0.05) is 32.3 Å². The third kappa shape index (κ3) is 4.31. The molecule has 9 heteroatoms. The van der Waals surface area contributed by atoms with Crippen LogP contribution in [0.15, 0.2) is 28.9 Å². The van der Waals surface area contributed by atoms with Crippen molar-refractivity contribution in [1.82, 2.24) is 25.3 Å². The number of urea groups is 1. The lowest BCUT2D eigenvalue weighted by molar-refractivity contribution is -0.126. The molecule has 3 heterocycles. The molecule has 0 unspecified atom stereocenters. The first-order valence-corrected chi connectivity index (χ1v) is 8.19. The Morgan fingerprint density at radius 1 is 1.40 bits per heavy atom. The van der Waals surface area contributed by atoms with Crippen molar-refractivity contribution in [1.29, 1.82) is 0 Å². The Balaban J connectivity index is 1.47. The molecule has 1 aliphatic heterocycles. The van der Waals surface area contributed by atoms with Crippen LogP contribution in [0, 0.1) is 5.92 Å². The number of nitrogens with zero attached hydrogens (tertiary/aromatic N) is 4. The maximum absolute atomic E-state index is 12.2. The summed E-state index contributed by atoms with van der Waals surface area (Å²) in [7, 11) is 0. The lowest BCUT2D eigenvalue weighted by Crippen LogP contribution is -2.47. The van der Waals surface area contributed by atoms with Gasteiger partial charge < -0.3 is 20.5 Å². The number of hydrogen-bond acceptors (Lipinski definition) is 6. The molecule has 2 aromatic rings. The second-order valence-electron chi connectivity index (χ2n) is 5.89. The van der Waals surface area contributed by atoms with Gasteiger partial charge in [0.15, 0.2) is 0 Å². The van der Waals surface area contributed by atoms with Gasteiger partial charge in [0.25, 0.3) is 0 Å². The third-order valence-corrected chi connectivity index (χ3v) is 4.10. The number of amides is 3. The summed E-state index contributed by atoms with van der Waals surface area (Å²) in [5, 5.41) is 6.73. The van der Waals surface area contributed by atoms with Crippen molar-refractivity contribution in [3.63, 3.8) is 0 Å². The van der Waals surface area contributed by atoms with E-state index in [0.29, 0.717) is 43.5 Å². The Morgan fingerprint density at radius 3 is 3.04 bits per heavy atom. The van der Waals surface area contributed by atoms with Gasteiger partial charge in [0.2, 0.25) is 17.6 Å². The fourth-order valence-electron chi connectivity index (χ4n) is 2.78. The van der Waals surface area contributed by atoms with Crippen LogP contribution in [0.3, 0.4) is 0 Å². The number of carbonyl (C=O) groups excluding carboxylic acids is 2. The van der Waals surface area contributed by atoms with E-state index >= 15 is 0 Å². The molecule has 0 saturated carbocycles. The summed E-state index contributed by atoms with van der Waals surface area (Å²) in [4.78, 5) is 33.4. The van der Waals surface area contributed by atoms with Crippen LogP contribution in [0.1, 0.15) is 18.7 Å². The molecule has 1 saturated heterocycles. The highest BCUT2D eigenvalue weighted by Gasteiger charge is 2.27. The number of rotatable bonds is 5. The van der Waals surface area contributed by atoms with Gasteiger partial charge in [-0.15, -0.1) is 0 Å². The lowest BCUT2D eigenvalue weighted by atomic mass is 9.97. The van der Waals surface area contributed by atoms with Crippen LogP contribution < -0.4 is 11.1 Å². The number of pyridine rings is 1. The standard InChI is InChI=1S/C16H20N6O3/c17-16(24)22-9-3-4-11(10-22)15(23)19-8-6-13-20-14(21-25-13)12-5-1-2-7-18-12/h1-2,5,7,11H,3-4,6,8-10H2,(H2,17,24)(H,19,23)/t11-/m0/s1. The van der Waals surface area contributed by atoms with Gasteiger partial charge in [0.05, 0.1) is 5.92 Å². The summed E-state index contributed by atoms with van der Waals surface area (Å²) < 4.78 is 5.17. The van der Waals surface area contributed by atoms with E-state index in [0.717, 1.165) is 12.8 Å². The first kappa shape index (κ1) is 16.9. The summed E-state index contributed by atoms with van der Waals surface area (Å²) in [6.07, 6.45) is 3.61. The molecule has 1 fully saturated rings. The maximum Gasteiger partial charge on any atom is 0.314 e. The van der Waals surface area contributed by atoms with Crippen molar-refractivity contribution in [3.05, 3.63) is 30.3 Å². The van der Waals surface area contributed by atoms with E-state index in [1.54, 1.807) is 12.3 Å². The highest BCUT2D eigenvalue weighted by Crippen LogP contribution is 2.16. The zero-order valence-corrected chi connectivity index (χ0v) is 13.7. The molecular formula is C16H20N6O3. The van der Waals surface area contributed by atoms with Gasteiger partial charge in [-0.25, -0.2) is 4.79 Å². The van der Waals surface area contributed by atoms with E-state index in [2.05, 4.69) is 20.4 Å². The Hall–Kier alpha value is -2.97. The normalized spacial score (nSPS) is 17.3. The molecule has 9 nitrogen and oxygen atoms in total. The minimum Gasteiger partial charge on any atom is -0.355 e. The largest absolute Gasteiger partial charge is 0.355 e. The van der Waals surface area contributed by atoms with E-state index in [-0.39, 0.29) is 11.8 Å². The molecule has 0 spiro atoms. The van der Waals surface area contributed by atoms with Crippen LogP contribution in [0.4, 0.5) is 4.79 Å². The molecule has 0 aromatic carbocycles. The number of primary amides is 1. The smallest absolute Gasteiger partial charge is 0.314 e. The van der Waals surface area contributed by atoms with Crippen LogP contribution in [-0.4, -0.2) is 51.6 Å². The van der Waals surface area contributed by atoms with E-state index < -0.39 is 6.03 Å². The van der Waals surface area contributed by atoms with E-state index in [4.69, 9.17) is 10.3 Å². The van der Waals surface area contributed by atoms with Crippen molar-refractivity contribution in [2.45, 2.75) is 19.3 Å². The van der Waals surface area contributed by atoms with Crippen molar-refractivity contribution >= 4 is 11.9 Å². The molecule has 0 aliphatic carbocycles. The number of aromatic nitrogens is 3. The average molecular weight is 344 g/mol. The summed E-state index contributed by atoms with van der Waals surface area (Å²) in [5.74, 6) is 0.540. The fourth-order valence-corrected chi connectivity index (χ4v) is 2.78. The average Bonchev–Trinajstić information content (AvgIpc) is 3.11.